The molecule has 31 heavy (non-hydrogen) atoms. The molecule has 1 heterocycles. The zero-order valence-corrected chi connectivity index (χ0v) is 17.9. The molecule has 1 saturated heterocycles. The molecule has 1 aliphatic heterocycles. The van der Waals surface area contributed by atoms with Gasteiger partial charge in [0.15, 0.2) is 0 Å². The number of aliphatic hydroxyl groups is 1. The number of aliphatic carboxylic acids is 1. The van der Waals surface area contributed by atoms with Crippen LogP contribution in [0.4, 0.5) is 0 Å². The normalized spacial score (nSPS) is 19.7. The van der Waals surface area contributed by atoms with Gasteiger partial charge in [-0.3, -0.25) is 19.2 Å². The van der Waals surface area contributed by atoms with Crippen molar-refractivity contribution < 1.29 is 34.2 Å². The Balaban J connectivity index is 2.87. The fourth-order valence-corrected chi connectivity index (χ4v) is 3.33. The average molecular weight is 444 g/mol. The third kappa shape index (κ3) is 7.47. The second kappa shape index (κ2) is 12.2. The summed E-state index contributed by atoms with van der Waals surface area (Å²) in [6, 6.07) is -4.46. The van der Waals surface area contributed by atoms with Crippen molar-refractivity contribution in [2.75, 3.05) is 13.2 Å². The number of carbonyl (C=O) groups excluding carboxylic acids is 4. The van der Waals surface area contributed by atoms with Crippen molar-refractivity contribution in [3.63, 3.8) is 0 Å². The Labute approximate surface area is 180 Å². The third-order valence-electron chi connectivity index (χ3n) is 5.45. The van der Waals surface area contributed by atoms with Crippen LogP contribution in [0, 0.1) is 5.92 Å². The molecule has 1 fully saturated rings. The Morgan fingerprint density at radius 1 is 1.16 bits per heavy atom. The summed E-state index contributed by atoms with van der Waals surface area (Å²) in [5, 5.41) is 23.8. The summed E-state index contributed by atoms with van der Waals surface area (Å²) < 4.78 is 0. The summed E-state index contributed by atoms with van der Waals surface area (Å²) in [6.07, 6.45) is 1.24. The van der Waals surface area contributed by atoms with Gasteiger partial charge in [-0.1, -0.05) is 20.3 Å². The van der Waals surface area contributed by atoms with E-state index < -0.39 is 60.4 Å². The topological polar surface area (TPSA) is 205 Å². The molecule has 0 spiro atoms. The van der Waals surface area contributed by atoms with Gasteiger partial charge in [-0.2, -0.15) is 0 Å². The van der Waals surface area contributed by atoms with Crippen LogP contribution in [0.3, 0.4) is 0 Å². The lowest BCUT2D eigenvalue weighted by molar-refractivity contribution is -0.150. The van der Waals surface area contributed by atoms with E-state index in [1.54, 1.807) is 13.8 Å². The number of amides is 4. The maximum Gasteiger partial charge on any atom is 0.326 e. The zero-order chi connectivity index (χ0) is 23.7. The van der Waals surface area contributed by atoms with E-state index in [9.17, 15) is 34.2 Å². The SMILES string of the molecule is CCC(C)C(NC(=O)C(N)CCC(N)=O)C(=O)NC(CO)C(=O)N1CCCC1C(=O)O. The fraction of sp³-hybridized carbons (Fsp3) is 0.737. The molecule has 0 saturated carbocycles. The van der Waals surface area contributed by atoms with Gasteiger partial charge in [0, 0.05) is 13.0 Å². The van der Waals surface area contributed by atoms with Crippen molar-refractivity contribution in [2.45, 2.75) is 70.1 Å². The number of likely N-dealkylation sites (tertiary alicyclic amines) is 1. The smallest absolute Gasteiger partial charge is 0.326 e. The van der Waals surface area contributed by atoms with Crippen LogP contribution in [0.1, 0.15) is 46.0 Å². The molecule has 176 valence electrons. The Kier molecular flexibility index (Phi) is 10.4. The minimum absolute atomic E-state index is 0.0132. The van der Waals surface area contributed by atoms with Gasteiger partial charge in [0.2, 0.25) is 23.6 Å². The minimum Gasteiger partial charge on any atom is -0.480 e. The van der Waals surface area contributed by atoms with E-state index in [-0.39, 0.29) is 25.3 Å². The zero-order valence-electron chi connectivity index (χ0n) is 17.9. The second-order valence-corrected chi connectivity index (χ2v) is 7.75. The minimum atomic E-state index is -1.35. The van der Waals surface area contributed by atoms with Gasteiger partial charge in [0.1, 0.15) is 18.1 Å². The van der Waals surface area contributed by atoms with Crippen LogP contribution in [-0.2, 0) is 24.0 Å². The molecule has 0 aromatic heterocycles. The summed E-state index contributed by atoms with van der Waals surface area (Å²) in [4.78, 5) is 61.2. The fourth-order valence-electron chi connectivity index (χ4n) is 3.33. The van der Waals surface area contributed by atoms with E-state index in [1.807, 2.05) is 0 Å². The van der Waals surface area contributed by atoms with Gasteiger partial charge in [-0.25, -0.2) is 4.79 Å². The lowest BCUT2D eigenvalue weighted by Crippen LogP contribution is -2.59. The van der Waals surface area contributed by atoms with Crippen LogP contribution >= 0.6 is 0 Å². The van der Waals surface area contributed by atoms with Gasteiger partial charge < -0.3 is 37.2 Å². The Morgan fingerprint density at radius 3 is 2.32 bits per heavy atom. The van der Waals surface area contributed by atoms with Crippen LogP contribution < -0.4 is 22.1 Å². The molecule has 0 aromatic rings. The van der Waals surface area contributed by atoms with Gasteiger partial charge in [-0.15, -0.1) is 0 Å². The molecule has 0 aliphatic carbocycles. The predicted octanol–water partition coefficient (Wildman–Crippen LogP) is -2.34. The van der Waals surface area contributed by atoms with E-state index in [1.165, 1.54) is 0 Å². The van der Waals surface area contributed by atoms with Crippen LogP contribution in [0.5, 0.6) is 0 Å². The quantitative estimate of drug-likeness (QED) is 0.192. The molecule has 0 radical (unpaired) electrons. The molecule has 5 unspecified atom stereocenters. The van der Waals surface area contributed by atoms with Crippen LogP contribution in [0.25, 0.3) is 0 Å². The number of hydrogen-bond donors (Lipinski definition) is 6. The summed E-state index contributed by atoms with van der Waals surface area (Å²) in [6.45, 7) is 3.01. The molecule has 12 heteroatoms. The number of nitrogens with one attached hydrogen (secondary N) is 2. The predicted molar refractivity (Wildman–Crippen MR) is 109 cm³/mol. The third-order valence-corrected chi connectivity index (χ3v) is 5.45. The highest BCUT2D eigenvalue weighted by Gasteiger charge is 2.38. The molecule has 8 N–H and O–H groups in total. The molecule has 1 aliphatic rings. The monoisotopic (exact) mass is 443 g/mol. The molecule has 5 atom stereocenters. The number of primary amides is 1. The van der Waals surface area contributed by atoms with Crippen molar-refractivity contribution in [3.05, 3.63) is 0 Å². The highest BCUT2D eigenvalue weighted by Crippen LogP contribution is 2.19. The first kappa shape index (κ1) is 26.3. The number of carboxylic acid groups (broad SMARTS) is 1. The van der Waals surface area contributed by atoms with Crippen molar-refractivity contribution >= 4 is 29.6 Å². The van der Waals surface area contributed by atoms with Crippen molar-refractivity contribution in [2.24, 2.45) is 17.4 Å². The number of nitrogens with zero attached hydrogens (tertiary/aromatic N) is 1. The molecule has 4 amide bonds. The molecule has 1 rings (SSSR count). The Hall–Kier alpha value is -2.73. The molecule has 0 bridgehead atoms. The van der Waals surface area contributed by atoms with Crippen molar-refractivity contribution in [1.29, 1.82) is 0 Å². The molecule has 12 nitrogen and oxygen atoms in total. The van der Waals surface area contributed by atoms with Crippen molar-refractivity contribution in [3.8, 4) is 0 Å². The highest BCUT2D eigenvalue weighted by atomic mass is 16.4. The number of nitrogens with two attached hydrogens (primary N) is 2. The number of carboxylic acids is 1. The first-order valence-corrected chi connectivity index (χ1v) is 10.3. The van der Waals surface area contributed by atoms with Crippen LogP contribution in [0.15, 0.2) is 0 Å². The Morgan fingerprint density at radius 2 is 1.81 bits per heavy atom. The Bertz CT molecular complexity index is 687. The maximum atomic E-state index is 12.8. The maximum absolute atomic E-state index is 12.8. The van der Waals surface area contributed by atoms with Gasteiger partial charge in [0.05, 0.1) is 12.6 Å². The summed E-state index contributed by atoms with van der Waals surface area (Å²) in [5.74, 6) is -4.15. The standard InChI is InChI=1S/C19H33N5O7/c1-3-10(2)15(23-16(27)11(20)6-7-14(21)26)17(28)22-12(9-25)18(29)24-8-4-5-13(24)19(30)31/h10-13,15,25H,3-9,20H2,1-2H3,(H2,21,26)(H,22,28)(H,23,27)(H,30,31). The van der Waals surface area contributed by atoms with E-state index in [0.717, 1.165) is 4.90 Å². The highest BCUT2D eigenvalue weighted by molar-refractivity contribution is 5.94. The van der Waals surface area contributed by atoms with Gasteiger partial charge in [0.25, 0.3) is 0 Å². The summed E-state index contributed by atoms with van der Waals surface area (Å²) in [5.41, 5.74) is 10.8. The van der Waals surface area contributed by atoms with Crippen LogP contribution in [-0.4, -0.2) is 82.0 Å². The second-order valence-electron chi connectivity index (χ2n) is 7.75. The number of aliphatic hydroxyl groups excluding tert-OH is 1. The first-order valence-electron chi connectivity index (χ1n) is 10.3. The van der Waals surface area contributed by atoms with Crippen LogP contribution in [0.2, 0.25) is 0 Å². The summed E-state index contributed by atoms with van der Waals surface area (Å²) in [7, 11) is 0. The molecule has 0 aromatic carbocycles. The largest absolute Gasteiger partial charge is 0.480 e. The number of rotatable bonds is 12. The first-order chi connectivity index (χ1) is 14.5. The van der Waals surface area contributed by atoms with E-state index in [0.29, 0.717) is 19.3 Å². The molecular weight excluding hydrogens is 410 g/mol. The van der Waals surface area contributed by atoms with Gasteiger partial charge in [-0.05, 0) is 25.2 Å². The van der Waals surface area contributed by atoms with E-state index in [4.69, 9.17) is 11.5 Å². The lowest BCUT2D eigenvalue weighted by atomic mass is 9.97. The average Bonchev–Trinajstić information content (AvgIpc) is 3.22. The molecular formula is C19H33N5O7. The summed E-state index contributed by atoms with van der Waals surface area (Å²) >= 11 is 0. The van der Waals surface area contributed by atoms with Gasteiger partial charge >= 0.3 is 5.97 Å². The van der Waals surface area contributed by atoms with E-state index >= 15 is 0 Å². The van der Waals surface area contributed by atoms with Crippen molar-refractivity contribution in [1.82, 2.24) is 15.5 Å². The lowest BCUT2D eigenvalue weighted by Gasteiger charge is -2.29. The van der Waals surface area contributed by atoms with E-state index in [2.05, 4.69) is 10.6 Å². The number of hydrogen-bond acceptors (Lipinski definition) is 7. The number of carbonyl (C=O) groups is 5.